The van der Waals surface area contributed by atoms with Crippen molar-refractivity contribution in [2.45, 2.75) is 52.0 Å². The molecule has 0 aromatic carbocycles. The monoisotopic (exact) mass is 203 g/mol. The van der Waals surface area contributed by atoms with Crippen molar-refractivity contribution < 1.29 is 0 Å². The van der Waals surface area contributed by atoms with Crippen LogP contribution in [0.1, 0.15) is 49.4 Å². The van der Waals surface area contributed by atoms with Crippen LogP contribution >= 0.6 is 0 Å². The Labute approximate surface area is 90.7 Å². The summed E-state index contributed by atoms with van der Waals surface area (Å²) < 4.78 is 2.15. The zero-order valence-corrected chi connectivity index (χ0v) is 9.45. The number of nitrogens with zero attached hydrogens (tertiary/aromatic N) is 3. The van der Waals surface area contributed by atoms with E-state index in [1.54, 1.807) is 0 Å². The molecule has 1 aromatic heterocycles. The van der Waals surface area contributed by atoms with Crippen molar-refractivity contribution in [1.29, 1.82) is 5.26 Å². The van der Waals surface area contributed by atoms with E-state index in [9.17, 15) is 0 Å². The molecule has 80 valence electrons. The molecule has 0 bridgehead atoms. The highest BCUT2D eigenvalue weighted by Crippen LogP contribution is 2.26. The SMILES string of the molecule is CCC(C#N)n1c(C)nc2c1CCCC2. The first-order valence-corrected chi connectivity index (χ1v) is 5.74. The van der Waals surface area contributed by atoms with Gasteiger partial charge in [-0.25, -0.2) is 4.98 Å². The maximum absolute atomic E-state index is 9.13. The lowest BCUT2D eigenvalue weighted by Crippen LogP contribution is -2.13. The quantitative estimate of drug-likeness (QED) is 0.741. The second kappa shape index (κ2) is 4.06. The molecule has 1 atom stereocenters. The average molecular weight is 203 g/mol. The van der Waals surface area contributed by atoms with Gasteiger partial charge in [-0.3, -0.25) is 0 Å². The first kappa shape index (κ1) is 10.2. The Kier molecular flexibility index (Phi) is 2.77. The molecule has 1 aliphatic carbocycles. The Balaban J connectivity index is 2.46. The van der Waals surface area contributed by atoms with Crippen LogP contribution in [0.2, 0.25) is 0 Å². The molecule has 15 heavy (non-hydrogen) atoms. The van der Waals surface area contributed by atoms with Crippen LogP contribution in [0, 0.1) is 18.3 Å². The molecule has 0 spiro atoms. The second-order valence-corrected chi connectivity index (χ2v) is 4.18. The molecule has 0 saturated carbocycles. The number of hydrogen-bond donors (Lipinski definition) is 0. The molecule has 0 saturated heterocycles. The summed E-state index contributed by atoms with van der Waals surface area (Å²) in [5.74, 6) is 1.01. The van der Waals surface area contributed by atoms with Crippen molar-refractivity contribution in [3.8, 4) is 6.07 Å². The third kappa shape index (κ3) is 1.65. The first-order valence-electron chi connectivity index (χ1n) is 5.74. The molecule has 1 heterocycles. The van der Waals surface area contributed by atoms with Crippen LogP contribution in [-0.2, 0) is 12.8 Å². The van der Waals surface area contributed by atoms with E-state index in [2.05, 4.69) is 22.5 Å². The summed E-state index contributed by atoms with van der Waals surface area (Å²) in [4.78, 5) is 4.58. The summed E-state index contributed by atoms with van der Waals surface area (Å²) >= 11 is 0. The maximum Gasteiger partial charge on any atom is 0.122 e. The van der Waals surface area contributed by atoms with Gasteiger partial charge in [-0.05, 0) is 39.0 Å². The Morgan fingerprint density at radius 3 is 2.87 bits per heavy atom. The maximum atomic E-state index is 9.13. The molecule has 0 radical (unpaired) electrons. The van der Waals surface area contributed by atoms with E-state index in [-0.39, 0.29) is 6.04 Å². The van der Waals surface area contributed by atoms with Gasteiger partial charge in [-0.15, -0.1) is 0 Å². The molecule has 1 aromatic rings. The van der Waals surface area contributed by atoms with Crippen molar-refractivity contribution >= 4 is 0 Å². The highest BCUT2D eigenvalue weighted by molar-refractivity contribution is 5.22. The summed E-state index contributed by atoms with van der Waals surface area (Å²) in [6.07, 6.45) is 5.52. The molecule has 2 rings (SSSR count). The third-order valence-electron chi connectivity index (χ3n) is 3.19. The van der Waals surface area contributed by atoms with Gasteiger partial charge in [0.15, 0.2) is 0 Å². The van der Waals surface area contributed by atoms with Gasteiger partial charge in [0.1, 0.15) is 11.9 Å². The van der Waals surface area contributed by atoms with E-state index < -0.39 is 0 Å². The first-order chi connectivity index (χ1) is 7.27. The lowest BCUT2D eigenvalue weighted by Gasteiger charge is -2.17. The van der Waals surface area contributed by atoms with Crippen LogP contribution in [0.25, 0.3) is 0 Å². The van der Waals surface area contributed by atoms with Gasteiger partial charge in [0.2, 0.25) is 0 Å². The second-order valence-electron chi connectivity index (χ2n) is 4.18. The molecular weight excluding hydrogens is 186 g/mol. The predicted molar refractivity (Wildman–Crippen MR) is 58.5 cm³/mol. The number of aromatic nitrogens is 2. The zero-order valence-electron chi connectivity index (χ0n) is 9.45. The number of imidazole rings is 1. The van der Waals surface area contributed by atoms with Gasteiger partial charge >= 0.3 is 0 Å². The zero-order chi connectivity index (χ0) is 10.8. The largest absolute Gasteiger partial charge is 0.315 e. The summed E-state index contributed by atoms with van der Waals surface area (Å²) in [5.41, 5.74) is 2.54. The molecule has 0 N–H and O–H groups in total. The molecule has 3 nitrogen and oxygen atoms in total. The lowest BCUT2D eigenvalue weighted by molar-refractivity contribution is 0.539. The highest BCUT2D eigenvalue weighted by Gasteiger charge is 2.21. The van der Waals surface area contributed by atoms with Crippen LogP contribution in [0.5, 0.6) is 0 Å². The predicted octanol–water partition coefficient (Wildman–Crippen LogP) is 2.55. The number of hydrogen-bond acceptors (Lipinski definition) is 2. The van der Waals surface area contributed by atoms with Crippen LogP contribution < -0.4 is 0 Å². The number of rotatable bonds is 2. The minimum Gasteiger partial charge on any atom is -0.315 e. The van der Waals surface area contributed by atoms with Crippen molar-refractivity contribution in [3.05, 3.63) is 17.2 Å². The normalized spacial score (nSPS) is 16.9. The van der Waals surface area contributed by atoms with Crippen molar-refractivity contribution in [1.82, 2.24) is 9.55 Å². The minimum absolute atomic E-state index is 0.0284. The Bertz CT molecular complexity index is 398. The van der Waals surface area contributed by atoms with Crippen LogP contribution in [-0.4, -0.2) is 9.55 Å². The van der Waals surface area contributed by atoms with Gasteiger partial charge in [-0.2, -0.15) is 5.26 Å². The van der Waals surface area contributed by atoms with E-state index in [0.29, 0.717) is 0 Å². The molecule has 0 amide bonds. The molecule has 1 aliphatic rings. The van der Waals surface area contributed by atoms with Gasteiger partial charge in [0.25, 0.3) is 0 Å². The van der Waals surface area contributed by atoms with Crippen LogP contribution in [0.4, 0.5) is 0 Å². The summed E-state index contributed by atoms with van der Waals surface area (Å²) in [6, 6.07) is 2.34. The fourth-order valence-corrected chi connectivity index (χ4v) is 2.44. The lowest BCUT2D eigenvalue weighted by atomic mass is 10.0. The minimum atomic E-state index is -0.0284. The molecule has 3 heteroatoms. The fraction of sp³-hybridized carbons (Fsp3) is 0.667. The fourth-order valence-electron chi connectivity index (χ4n) is 2.44. The number of aryl methyl sites for hydroxylation is 2. The molecular formula is C12H17N3. The van der Waals surface area contributed by atoms with Gasteiger partial charge in [0, 0.05) is 5.69 Å². The highest BCUT2D eigenvalue weighted by atomic mass is 15.1. The van der Waals surface area contributed by atoms with E-state index in [4.69, 9.17) is 5.26 Å². The average Bonchev–Trinajstić information content (AvgIpc) is 2.58. The van der Waals surface area contributed by atoms with Gasteiger partial charge in [0.05, 0.1) is 11.8 Å². The van der Waals surface area contributed by atoms with Crippen molar-refractivity contribution in [2.24, 2.45) is 0 Å². The van der Waals surface area contributed by atoms with E-state index in [1.807, 2.05) is 6.92 Å². The van der Waals surface area contributed by atoms with Crippen LogP contribution in [0.15, 0.2) is 0 Å². The van der Waals surface area contributed by atoms with E-state index in [0.717, 1.165) is 25.1 Å². The topological polar surface area (TPSA) is 41.6 Å². The molecule has 1 unspecified atom stereocenters. The standard InChI is InChI=1S/C12H17N3/c1-3-10(8-13)15-9(2)14-11-6-4-5-7-12(11)15/h10H,3-7H2,1-2H3. The number of nitriles is 1. The van der Waals surface area contributed by atoms with Crippen molar-refractivity contribution in [3.63, 3.8) is 0 Å². The van der Waals surface area contributed by atoms with E-state index in [1.165, 1.54) is 24.2 Å². The molecule has 0 fully saturated rings. The Morgan fingerprint density at radius 1 is 1.47 bits per heavy atom. The van der Waals surface area contributed by atoms with Gasteiger partial charge in [-0.1, -0.05) is 6.92 Å². The van der Waals surface area contributed by atoms with Crippen LogP contribution in [0.3, 0.4) is 0 Å². The van der Waals surface area contributed by atoms with E-state index >= 15 is 0 Å². The van der Waals surface area contributed by atoms with Crippen molar-refractivity contribution in [2.75, 3.05) is 0 Å². The summed E-state index contributed by atoms with van der Waals surface area (Å²) in [7, 11) is 0. The Morgan fingerprint density at radius 2 is 2.20 bits per heavy atom. The molecule has 0 aliphatic heterocycles. The summed E-state index contributed by atoms with van der Waals surface area (Å²) in [6.45, 7) is 4.07. The smallest absolute Gasteiger partial charge is 0.122 e. The Hall–Kier alpha value is -1.30. The number of fused-ring (bicyclic) bond motifs is 1. The third-order valence-corrected chi connectivity index (χ3v) is 3.19. The van der Waals surface area contributed by atoms with Gasteiger partial charge < -0.3 is 4.57 Å². The summed E-state index contributed by atoms with van der Waals surface area (Å²) in [5, 5.41) is 9.13.